The van der Waals surface area contributed by atoms with Crippen LogP contribution >= 0.6 is 23.4 Å². The third kappa shape index (κ3) is 4.79. The van der Waals surface area contributed by atoms with Gasteiger partial charge in [0.1, 0.15) is 17.4 Å². The number of carbonyl (C=O) groups is 1. The molecule has 3 rings (SSSR count). The van der Waals surface area contributed by atoms with Crippen LogP contribution in [-0.4, -0.2) is 5.91 Å². The number of nitriles is 1. The summed E-state index contributed by atoms with van der Waals surface area (Å²) in [5.74, 6) is -0.0743. The highest BCUT2D eigenvalue weighted by molar-refractivity contribution is 7.99. The lowest BCUT2D eigenvalue weighted by Crippen LogP contribution is -2.13. The number of benzene rings is 2. The molecular weight excluding hydrogens is 368 g/mol. The zero-order valence-corrected chi connectivity index (χ0v) is 15.1. The number of rotatable bonds is 5. The summed E-state index contributed by atoms with van der Waals surface area (Å²) in [6.07, 6.45) is 1.42. The second-order valence-electron chi connectivity index (χ2n) is 5.20. The minimum Gasteiger partial charge on any atom is -0.450 e. The maximum atomic E-state index is 12.2. The molecule has 0 unspecified atom stereocenters. The molecule has 0 aliphatic rings. The molecule has 0 fully saturated rings. The zero-order valence-electron chi connectivity index (χ0n) is 13.5. The van der Waals surface area contributed by atoms with E-state index in [2.05, 4.69) is 5.32 Å². The summed E-state index contributed by atoms with van der Waals surface area (Å²) in [5.41, 5.74) is 0.505. The minimum atomic E-state index is -0.511. The fourth-order valence-corrected chi connectivity index (χ4v) is 3.02. The van der Waals surface area contributed by atoms with E-state index in [1.165, 1.54) is 17.8 Å². The maximum absolute atomic E-state index is 12.2. The second kappa shape index (κ2) is 8.43. The van der Waals surface area contributed by atoms with Gasteiger partial charge < -0.3 is 9.73 Å². The van der Waals surface area contributed by atoms with E-state index in [-0.39, 0.29) is 5.57 Å². The number of carbonyl (C=O) groups excluding carboxylic acids is 1. The van der Waals surface area contributed by atoms with Gasteiger partial charge in [-0.15, -0.1) is 0 Å². The van der Waals surface area contributed by atoms with Crippen molar-refractivity contribution < 1.29 is 9.21 Å². The Morgan fingerprint density at radius 1 is 1.08 bits per heavy atom. The molecule has 26 heavy (non-hydrogen) atoms. The summed E-state index contributed by atoms with van der Waals surface area (Å²) in [4.78, 5) is 13.3. The molecule has 1 heterocycles. The van der Waals surface area contributed by atoms with Crippen molar-refractivity contribution >= 4 is 41.0 Å². The van der Waals surface area contributed by atoms with Crippen molar-refractivity contribution in [1.29, 1.82) is 5.26 Å². The van der Waals surface area contributed by atoms with E-state index in [9.17, 15) is 10.1 Å². The summed E-state index contributed by atoms with van der Waals surface area (Å²) in [7, 11) is 0. The molecular formula is C20H13ClN2O2S. The molecule has 0 aliphatic heterocycles. The first-order valence-electron chi connectivity index (χ1n) is 7.65. The summed E-state index contributed by atoms with van der Waals surface area (Å²) in [6.45, 7) is 0. The number of anilines is 1. The molecule has 4 nitrogen and oxygen atoms in total. The van der Waals surface area contributed by atoms with Crippen LogP contribution in [-0.2, 0) is 4.79 Å². The molecule has 1 aromatic heterocycles. The Bertz CT molecular complexity index is 973. The third-order valence-corrected chi connectivity index (χ3v) is 4.50. The lowest BCUT2D eigenvalue weighted by molar-refractivity contribution is -0.112. The largest absolute Gasteiger partial charge is 0.450 e. The van der Waals surface area contributed by atoms with Crippen LogP contribution in [0.25, 0.3) is 6.08 Å². The van der Waals surface area contributed by atoms with Gasteiger partial charge >= 0.3 is 0 Å². The van der Waals surface area contributed by atoms with Gasteiger partial charge in [-0.05, 0) is 48.5 Å². The van der Waals surface area contributed by atoms with E-state index in [1.54, 1.807) is 36.4 Å². The number of nitrogens with zero attached hydrogens (tertiary/aromatic N) is 1. The number of furan rings is 1. The van der Waals surface area contributed by atoms with Crippen LogP contribution in [0.3, 0.4) is 0 Å². The summed E-state index contributed by atoms with van der Waals surface area (Å²) < 4.78 is 5.67. The molecule has 128 valence electrons. The van der Waals surface area contributed by atoms with Crippen LogP contribution in [0.15, 0.2) is 86.7 Å². The first-order chi connectivity index (χ1) is 12.6. The summed E-state index contributed by atoms with van der Waals surface area (Å²) in [6, 6.07) is 21.8. The Labute approximate surface area is 160 Å². The molecule has 0 spiro atoms. The number of halogens is 1. The van der Waals surface area contributed by atoms with Crippen molar-refractivity contribution in [2.24, 2.45) is 0 Å². The van der Waals surface area contributed by atoms with Crippen LogP contribution in [0.2, 0.25) is 5.02 Å². The Hall–Kier alpha value is -2.94. The second-order valence-corrected chi connectivity index (χ2v) is 6.72. The highest BCUT2D eigenvalue weighted by Gasteiger charge is 2.11. The predicted molar refractivity (Wildman–Crippen MR) is 103 cm³/mol. The standard InChI is InChI=1S/C20H13ClN2O2S/c21-15-6-8-16(9-7-15)23-20(24)14(13-22)12-17-10-11-19(25-17)26-18-4-2-1-3-5-18/h1-12H,(H,23,24)/b14-12-. The highest BCUT2D eigenvalue weighted by atomic mass is 35.5. The maximum Gasteiger partial charge on any atom is 0.266 e. The number of hydrogen-bond acceptors (Lipinski definition) is 4. The van der Waals surface area contributed by atoms with Crippen LogP contribution in [0, 0.1) is 11.3 Å². The fraction of sp³-hybridized carbons (Fsp3) is 0. The SMILES string of the molecule is N#C/C(=C/c1ccc(Sc2ccccc2)o1)C(=O)Nc1ccc(Cl)cc1. The number of hydrogen-bond donors (Lipinski definition) is 1. The molecule has 3 aromatic rings. The molecule has 0 radical (unpaired) electrons. The van der Waals surface area contributed by atoms with Gasteiger partial charge in [-0.25, -0.2) is 0 Å². The Morgan fingerprint density at radius 2 is 1.81 bits per heavy atom. The van der Waals surface area contributed by atoms with Gasteiger partial charge in [0.15, 0.2) is 5.09 Å². The molecule has 1 amide bonds. The summed E-state index contributed by atoms with van der Waals surface area (Å²) in [5, 5.41) is 13.2. The number of amides is 1. The molecule has 1 N–H and O–H groups in total. The van der Waals surface area contributed by atoms with E-state index in [1.807, 2.05) is 36.4 Å². The van der Waals surface area contributed by atoms with Crippen LogP contribution in [0.1, 0.15) is 5.76 Å². The highest BCUT2D eigenvalue weighted by Crippen LogP contribution is 2.29. The molecule has 0 saturated heterocycles. The van der Waals surface area contributed by atoms with Crippen molar-refractivity contribution in [3.05, 3.63) is 83.1 Å². The van der Waals surface area contributed by atoms with Gasteiger partial charge in [0.25, 0.3) is 5.91 Å². The van der Waals surface area contributed by atoms with Gasteiger partial charge in [-0.3, -0.25) is 4.79 Å². The quantitative estimate of drug-likeness (QED) is 0.460. The first-order valence-corrected chi connectivity index (χ1v) is 8.85. The van der Waals surface area contributed by atoms with Crippen LogP contribution in [0.5, 0.6) is 0 Å². The Morgan fingerprint density at radius 3 is 2.50 bits per heavy atom. The van der Waals surface area contributed by atoms with Gasteiger partial charge in [-0.1, -0.05) is 41.6 Å². The molecule has 0 aliphatic carbocycles. The molecule has 0 bridgehead atoms. The van der Waals surface area contributed by atoms with Crippen molar-refractivity contribution in [2.75, 3.05) is 5.32 Å². The van der Waals surface area contributed by atoms with Crippen molar-refractivity contribution in [1.82, 2.24) is 0 Å². The van der Waals surface area contributed by atoms with E-state index < -0.39 is 5.91 Å². The van der Waals surface area contributed by atoms with Crippen molar-refractivity contribution in [2.45, 2.75) is 9.99 Å². The van der Waals surface area contributed by atoms with Gasteiger partial charge in [0.2, 0.25) is 0 Å². The Kier molecular flexibility index (Phi) is 5.80. The molecule has 6 heteroatoms. The van der Waals surface area contributed by atoms with E-state index >= 15 is 0 Å². The number of nitrogens with one attached hydrogen (secondary N) is 1. The van der Waals surface area contributed by atoms with E-state index in [0.29, 0.717) is 21.6 Å². The minimum absolute atomic E-state index is 0.0504. The van der Waals surface area contributed by atoms with Gasteiger partial charge in [0.05, 0.1) is 0 Å². The van der Waals surface area contributed by atoms with E-state index in [0.717, 1.165) is 4.90 Å². The lowest BCUT2D eigenvalue weighted by Gasteiger charge is -2.03. The molecule has 0 saturated carbocycles. The zero-order chi connectivity index (χ0) is 18.4. The fourth-order valence-electron chi connectivity index (χ4n) is 2.09. The average Bonchev–Trinajstić information content (AvgIpc) is 3.09. The predicted octanol–water partition coefficient (Wildman–Crippen LogP) is 5.63. The Balaban J connectivity index is 1.71. The van der Waals surface area contributed by atoms with Crippen LogP contribution in [0.4, 0.5) is 5.69 Å². The lowest BCUT2D eigenvalue weighted by atomic mass is 10.2. The molecule has 0 atom stereocenters. The third-order valence-electron chi connectivity index (χ3n) is 3.32. The monoisotopic (exact) mass is 380 g/mol. The van der Waals surface area contributed by atoms with Crippen molar-refractivity contribution in [3.63, 3.8) is 0 Å². The smallest absolute Gasteiger partial charge is 0.266 e. The van der Waals surface area contributed by atoms with Gasteiger partial charge in [0, 0.05) is 21.7 Å². The average molecular weight is 381 g/mol. The first kappa shape index (κ1) is 17.9. The normalized spacial score (nSPS) is 11.0. The van der Waals surface area contributed by atoms with Gasteiger partial charge in [-0.2, -0.15) is 5.26 Å². The van der Waals surface area contributed by atoms with Crippen molar-refractivity contribution in [3.8, 4) is 6.07 Å². The summed E-state index contributed by atoms with van der Waals surface area (Å²) >= 11 is 7.28. The van der Waals surface area contributed by atoms with E-state index in [4.69, 9.17) is 16.0 Å². The van der Waals surface area contributed by atoms with Crippen LogP contribution < -0.4 is 5.32 Å². The molecule has 2 aromatic carbocycles. The topological polar surface area (TPSA) is 66.0 Å².